The summed E-state index contributed by atoms with van der Waals surface area (Å²) in [5.41, 5.74) is 0.401. The van der Waals surface area contributed by atoms with Gasteiger partial charge in [-0.2, -0.15) is 0 Å². The third-order valence-electron chi connectivity index (χ3n) is 4.00. The maximum absolute atomic E-state index is 13.8. The summed E-state index contributed by atoms with van der Waals surface area (Å²) >= 11 is 0. The summed E-state index contributed by atoms with van der Waals surface area (Å²) in [6, 6.07) is 5.71. The van der Waals surface area contributed by atoms with Gasteiger partial charge in [0.05, 0.1) is 6.61 Å². The normalized spacial score (nSPS) is 18.8. The van der Waals surface area contributed by atoms with Crippen LogP contribution in [-0.2, 0) is 6.54 Å². The lowest BCUT2D eigenvalue weighted by atomic mass is 9.98. The summed E-state index contributed by atoms with van der Waals surface area (Å²) < 4.78 is 32.6. The van der Waals surface area contributed by atoms with E-state index in [9.17, 15) is 8.78 Å². The lowest BCUT2D eigenvalue weighted by molar-refractivity contribution is 0.120. The van der Waals surface area contributed by atoms with Crippen LogP contribution in [-0.4, -0.2) is 34.6 Å². The molecule has 0 spiro atoms. The van der Waals surface area contributed by atoms with Crippen molar-refractivity contribution in [1.29, 1.82) is 0 Å². The number of halogens is 2. The van der Waals surface area contributed by atoms with E-state index in [-0.39, 0.29) is 5.82 Å². The van der Waals surface area contributed by atoms with Crippen molar-refractivity contribution >= 4 is 0 Å². The molecule has 23 heavy (non-hydrogen) atoms. The average Bonchev–Trinajstić information content (AvgIpc) is 2.58. The first kappa shape index (κ1) is 15.8. The smallest absolute Gasteiger partial charge is 0.316 e. The Kier molecular flexibility index (Phi) is 5.12. The van der Waals surface area contributed by atoms with Gasteiger partial charge in [-0.05, 0) is 43.7 Å². The van der Waals surface area contributed by atoms with Crippen molar-refractivity contribution in [2.45, 2.75) is 19.4 Å². The van der Waals surface area contributed by atoms with Gasteiger partial charge in [0, 0.05) is 37.0 Å². The minimum absolute atomic E-state index is 0.337. The Morgan fingerprint density at radius 3 is 2.87 bits per heavy atom. The number of nitrogens with zero attached hydrogens (tertiary/aromatic N) is 3. The summed E-state index contributed by atoms with van der Waals surface area (Å²) in [6.45, 7) is 2.63. The number of benzene rings is 1. The van der Waals surface area contributed by atoms with Crippen LogP contribution < -0.4 is 4.74 Å². The molecule has 1 aromatic carbocycles. The Hall–Kier alpha value is -2.08. The first-order valence-electron chi connectivity index (χ1n) is 7.77. The molecule has 0 radical (unpaired) electrons. The van der Waals surface area contributed by atoms with E-state index in [1.807, 2.05) is 0 Å². The Bertz CT molecular complexity index is 639. The standard InChI is InChI=1S/C17H19F2N3O/c18-15-4-5-16(19)14(9-15)11-22-8-1-3-13(10-22)12-23-17-20-6-2-7-21-17/h2,4-7,9,13H,1,3,8,10-12H2. The third-order valence-corrected chi connectivity index (χ3v) is 4.00. The van der Waals surface area contributed by atoms with E-state index in [2.05, 4.69) is 14.9 Å². The molecule has 1 aromatic heterocycles. The van der Waals surface area contributed by atoms with Gasteiger partial charge in [-0.3, -0.25) is 4.90 Å². The number of piperidine rings is 1. The highest BCUT2D eigenvalue weighted by Crippen LogP contribution is 2.20. The summed E-state index contributed by atoms with van der Waals surface area (Å²) in [7, 11) is 0. The topological polar surface area (TPSA) is 38.2 Å². The summed E-state index contributed by atoms with van der Waals surface area (Å²) in [4.78, 5) is 10.2. The van der Waals surface area contributed by atoms with Gasteiger partial charge >= 0.3 is 6.01 Å². The molecule has 0 saturated carbocycles. The zero-order valence-electron chi connectivity index (χ0n) is 12.8. The van der Waals surface area contributed by atoms with E-state index < -0.39 is 5.82 Å². The van der Waals surface area contributed by atoms with E-state index >= 15 is 0 Å². The molecule has 0 aliphatic carbocycles. The second-order valence-corrected chi connectivity index (χ2v) is 5.82. The molecule has 1 saturated heterocycles. The molecule has 1 aliphatic rings. The second kappa shape index (κ2) is 7.46. The molecule has 1 atom stereocenters. The molecule has 3 rings (SSSR count). The van der Waals surface area contributed by atoms with Crippen LogP contribution in [0.3, 0.4) is 0 Å². The van der Waals surface area contributed by atoms with E-state index in [0.717, 1.165) is 32.0 Å². The zero-order valence-corrected chi connectivity index (χ0v) is 12.8. The number of hydrogen-bond acceptors (Lipinski definition) is 4. The van der Waals surface area contributed by atoms with Gasteiger partial charge in [0.15, 0.2) is 0 Å². The monoisotopic (exact) mass is 319 g/mol. The molecule has 4 nitrogen and oxygen atoms in total. The lowest BCUT2D eigenvalue weighted by Gasteiger charge is -2.32. The highest BCUT2D eigenvalue weighted by Gasteiger charge is 2.21. The van der Waals surface area contributed by atoms with Crippen LogP contribution in [0.4, 0.5) is 8.78 Å². The van der Waals surface area contributed by atoms with Crippen molar-refractivity contribution in [2.24, 2.45) is 5.92 Å². The van der Waals surface area contributed by atoms with E-state index in [4.69, 9.17) is 4.74 Å². The van der Waals surface area contributed by atoms with Crippen LogP contribution in [0.5, 0.6) is 6.01 Å². The molecule has 2 heterocycles. The Morgan fingerprint density at radius 2 is 2.04 bits per heavy atom. The molecular formula is C17H19F2N3O. The molecule has 1 fully saturated rings. The average molecular weight is 319 g/mol. The Morgan fingerprint density at radius 1 is 1.22 bits per heavy atom. The Labute approximate surface area is 134 Å². The summed E-state index contributed by atoms with van der Waals surface area (Å²) in [5.74, 6) is -0.425. The molecule has 0 N–H and O–H groups in total. The van der Waals surface area contributed by atoms with Crippen LogP contribution in [0.1, 0.15) is 18.4 Å². The fourth-order valence-corrected chi connectivity index (χ4v) is 2.89. The Balaban J connectivity index is 1.54. The molecule has 6 heteroatoms. The third kappa shape index (κ3) is 4.45. The minimum Gasteiger partial charge on any atom is -0.463 e. The largest absolute Gasteiger partial charge is 0.463 e. The predicted molar refractivity (Wildman–Crippen MR) is 81.9 cm³/mol. The van der Waals surface area contributed by atoms with Gasteiger partial charge in [-0.25, -0.2) is 18.7 Å². The van der Waals surface area contributed by atoms with Crippen molar-refractivity contribution in [3.8, 4) is 6.01 Å². The maximum Gasteiger partial charge on any atom is 0.316 e. The summed E-state index contributed by atoms with van der Waals surface area (Å²) in [6.07, 6.45) is 5.35. The van der Waals surface area contributed by atoms with Crippen molar-refractivity contribution < 1.29 is 13.5 Å². The van der Waals surface area contributed by atoms with Crippen LogP contribution >= 0.6 is 0 Å². The highest BCUT2D eigenvalue weighted by atomic mass is 19.1. The van der Waals surface area contributed by atoms with Crippen molar-refractivity contribution in [3.63, 3.8) is 0 Å². The summed E-state index contributed by atoms with van der Waals surface area (Å²) in [5, 5.41) is 0. The van der Waals surface area contributed by atoms with Gasteiger partial charge < -0.3 is 4.74 Å². The number of hydrogen-bond donors (Lipinski definition) is 0. The van der Waals surface area contributed by atoms with E-state index in [0.29, 0.717) is 30.6 Å². The minimum atomic E-state index is -0.403. The van der Waals surface area contributed by atoms with Gasteiger partial charge in [0.25, 0.3) is 0 Å². The molecule has 2 aromatic rings. The first-order valence-corrected chi connectivity index (χ1v) is 7.77. The van der Waals surface area contributed by atoms with Crippen LogP contribution in [0.15, 0.2) is 36.7 Å². The van der Waals surface area contributed by atoms with Gasteiger partial charge in [0.1, 0.15) is 11.6 Å². The highest BCUT2D eigenvalue weighted by molar-refractivity contribution is 5.18. The van der Waals surface area contributed by atoms with Crippen molar-refractivity contribution in [3.05, 3.63) is 53.9 Å². The number of likely N-dealkylation sites (tertiary alicyclic amines) is 1. The zero-order chi connectivity index (χ0) is 16.1. The SMILES string of the molecule is Fc1ccc(F)c(CN2CCCC(COc3ncccn3)C2)c1. The van der Waals surface area contributed by atoms with E-state index in [1.165, 1.54) is 12.1 Å². The van der Waals surface area contributed by atoms with Crippen LogP contribution in [0.2, 0.25) is 0 Å². The lowest BCUT2D eigenvalue weighted by Crippen LogP contribution is -2.37. The van der Waals surface area contributed by atoms with Gasteiger partial charge in [-0.1, -0.05) is 0 Å². The number of ether oxygens (including phenoxy) is 1. The first-order chi connectivity index (χ1) is 11.2. The molecular weight excluding hydrogens is 300 g/mol. The molecule has 1 unspecified atom stereocenters. The fraction of sp³-hybridized carbons (Fsp3) is 0.412. The second-order valence-electron chi connectivity index (χ2n) is 5.82. The van der Waals surface area contributed by atoms with Crippen molar-refractivity contribution in [2.75, 3.05) is 19.7 Å². The fourth-order valence-electron chi connectivity index (χ4n) is 2.89. The van der Waals surface area contributed by atoms with Gasteiger partial charge in [0.2, 0.25) is 0 Å². The maximum atomic E-state index is 13.8. The van der Waals surface area contributed by atoms with Crippen LogP contribution in [0, 0.1) is 17.6 Å². The van der Waals surface area contributed by atoms with Gasteiger partial charge in [-0.15, -0.1) is 0 Å². The predicted octanol–water partition coefficient (Wildman–Crippen LogP) is 3.05. The molecule has 122 valence electrons. The number of aromatic nitrogens is 2. The molecule has 1 aliphatic heterocycles. The van der Waals surface area contributed by atoms with E-state index in [1.54, 1.807) is 18.5 Å². The molecule has 0 bridgehead atoms. The molecule has 0 amide bonds. The number of rotatable bonds is 5. The quantitative estimate of drug-likeness (QED) is 0.849. The van der Waals surface area contributed by atoms with Crippen molar-refractivity contribution in [1.82, 2.24) is 14.9 Å². The van der Waals surface area contributed by atoms with Crippen LogP contribution in [0.25, 0.3) is 0 Å².